The molecule has 0 aliphatic carbocycles. The largest absolute Gasteiger partial charge is 0.496 e. The molecule has 3 rings (SSSR count). The lowest BCUT2D eigenvalue weighted by Crippen LogP contribution is -2.09. The molecule has 0 atom stereocenters. The molecule has 134 valence electrons. The summed E-state index contributed by atoms with van der Waals surface area (Å²) in [7, 11) is 1.67. The highest BCUT2D eigenvalue weighted by Crippen LogP contribution is 2.31. The predicted molar refractivity (Wildman–Crippen MR) is 107 cm³/mol. The van der Waals surface area contributed by atoms with Crippen LogP contribution in [0.3, 0.4) is 0 Å². The highest BCUT2D eigenvalue weighted by atomic mass is 35.5. The molecule has 3 aromatic rings. The molecule has 2 aromatic carbocycles. The van der Waals surface area contributed by atoms with Crippen molar-refractivity contribution in [3.63, 3.8) is 0 Å². The topological polar surface area (TPSA) is 59.1 Å². The molecule has 0 bridgehead atoms. The Hall–Kier alpha value is -2.50. The standard InChI is InChI=1S/C19H18Cl2N4O/c1-26-16-8-3-2-5-13(16)9-11-22-19-23-12-10-17(25-19)24-15-7-4-6-14(20)18(15)21/h2-8,10,12H,9,11H2,1H3,(H2,22,23,24,25). The number of anilines is 3. The first-order valence-electron chi connectivity index (χ1n) is 8.07. The summed E-state index contributed by atoms with van der Waals surface area (Å²) in [4.78, 5) is 8.69. The van der Waals surface area contributed by atoms with Crippen LogP contribution >= 0.6 is 23.2 Å². The first-order chi connectivity index (χ1) is 12.7. The molecule has 1 heterocycles. The second-order valence-corrected chi connectivity index (χ2v) is 6.27. The lowest BCUT2D eigenvalue weighted by Gasteiger charge is -2.11. The molecule has 0 unspecified atom stereocenters. The van der Waals surface area contributed by atoms with Crippen molar-refractivity contribution in [2.75, 3.05) is 24.3 Å². The van der Waals surface area contributed by atoms with Crippen LogP contribution in [0.15, 0.2) is 54.7 Å². The zero-order chi connectivity index (χ0) is 18.4. The minimum absolute atomic E-state index is 0.457. The van der Waals surface area contributed by atoms with E-state index in [0.717, 1.165) is 17.7 Å². The quantitative estimate of drug-likeness (QED) is 0.582. The highest BCUT2D eigenvalue weighted by Gasteiger charge is 2.06. The Bertz CT molecular complexity index is 889. The number of nitrogens with one attached hydrogen (secondary N) is 2. The number of hydrogen-bond acceptors (Lipinski definition) is 5. The zero-order valence-electron chi connectivity index (χ0n) is 14.2. The van der Waals surface area contributed by atoms with Gasteiger partial charge in [0.05, 0.1) is 22.8 Å². The van der Waals surface area contributed by atoms with Crippen molar-refractivity contribution in [3.8, 4) is 5.75 Å². The van der Waals surface area contributed by atoms with E-state index in [2.05, 4.69) is 20.6 Å². The van der Waals surface area contributed by atoms with Gasteiger partial charge in [-0.3, -0.25) is 0 Å². The van der Waals surface area contributed by atoms with Crippen molar-refractivity contribution in [2.24, 2.45) is 0 Å². The Kier molecular flexibility index (Phi) is 6.15. The molecule has 26 heavy (non-hydrogen) atoms. The zero-order valence-corrected chi connectivity index (χ0v) is 15.7. The summed E-state index contributed by atoms with van der Waals surface area (Å²) >= 11 is 12.2. The van der Waals surface area contributed by atoms with Crippen molar-refractivity contribution in [2.45, 2.75) is 6.42 Å². The Morgan fingerprint density at radius 2 is 1.88 bits per heavy atom. The summed E-state index contributed by atoms with van der Waals surface area (Å²) in [6.07, 6.45) is 2.48. The summed E-state index contributed by atoms with van der Waals surface area (Å²) in [5.41, 5.74) is 1.82. The SMILES string of the molecule is COc1ccccc1CCNc1nccc(Nc2cccc(Cl)c2Cl)n1. The Labute approximate surface area is 162 Å². The fourth-order valence-corrected chi connectivity index (χ4v) is 2.82. The minimum Gasteiger partial charge on any atom is -0.496 e. The van der Waals surface area contributed by atoms with Crippen molar-refractivity contribution in [1.82, 2.24) is 9.97 Å². The van der Waals surface area contributed by atoms with E-state index in [4.69, 9.17) is 27.9 Å². The van der Waals surface area contributed by atoms with E-state index in [1.165, 1.54) is 0 Å². The molecule has 0 radical (unpaired) electrons. The number of nitrogens with zero attached hydrogens (tertiary/aromatic N) is 2. The first kappa shape index (κ1) is 18.3. The van der Waals surface area contributed by atoms with Crippen molar-refractivity contribution in [3.05, 3.63) is 70.3 Å². The summed E-state index contributed by atoms with van der Waals surface area (Å²) in [5, 5.41) is 7.32. The number of rotatable bonds is 7. The Balaban J connectivity index is 1.63. The normalized spacial score (nSPS) is 10.4. The molecule has 2 N–H and O–H groups in total. The van der Waals surface area contributed by atoms with Crippen molar-refractivity contribution >= 4 is 40.7 Å². The molecule has 0 saturated carbocycles. The number of aromatic nitrogens is 2. The van der Waals surface area contributed by atoms with E-state index < -0.39 is 0 Å². The van der Waals surface area contributed by atoms with Crippen LogP contribution in [0.5, 0.6) is 5.75 Å². The van der Waals surface area contributed by atoms with Gasteiger partial charge in [-0.05, 0) is 36.2 Å². The van der Waals surface area contributed by atoms with Crippen LogP contribution in [0, 0.1) is 0 Å². The lowest BCUT2D eigenvalue weighted by atomic mass is 10.1. The Morgan fingerprint density at radius 3 is 2.73 bits per heavy atom. The average Bonchev–Trinajstić information content (AvgIpc) is 2.66. The summed E-state index contributed by atoms with van der Waals surface area (Å²) in [5.74, 6) is 2.04. The van der Waals surface area contributed by atoms with Gasteiger partial charge < -0.3 is 15.4 Å². The molecule has 0 aliphatic heterocycles. The maximum Gasteiger partial charge on any atom is 0.224 e. The van der Waals surface area contributed by atoms with Gasteiger partial charge in [0.25, 0.3) is 0 Å². The van der Waals surface area contributed by atoms with Crippen LogP contribution in [0.1, 0.15) is 5.56 Å². The van der Waals surface area contributed by atoms with E-state index in [0.29, 0.717) is 34.0 Å². The maximum atomic E-state index is 6.20. The van der Waals surface area contributed by atoms with Crippen molar-refractivity contribution < 1.29 is 4.74 Å². The van der Waals surface area contributed by atoms with Crippen LogP contribution in [0.4, 0.5) is 17.5 Å². The number of hydrogen-bond donors (Lipinski definition) is 2. The molecule has 0 saturated heterocycles. The molecule has 1 aromatic heterocycles. The van der Waals surface area contributed by atoms with Gasteiger partial charge in [-0.1, -0.05) is 47.5 Å². The molecule has 0 aliphatic rings. The van der Waals surface area contributed by atoms with E-state index in [-0.39, 0.29) is 0 Å². The number of ether oxygens (including phenoxy) is 1. The number of methoxy groups -OCH3 is 1. The number of halogens is 2. The maximum absolute atomic E-state index is 6.20. The van der Waals surface area contributed by atoms with Crippen LogP contribution < -0.4 is 15.4 Å². The monoisotopic (exact) mass is 388 g/mol. The summed E-state index contributed by atoms with van der Waals surface area (Å²) in [6, 6.07) is 15.1. The second-order valence-electron chi connectivity index (χ2n) is 5.48. The van der Waals surface area contributed by atoms with E-state index in [9.17, 15) is 0 Å². The van der Waals surface area contributed by atoms with E-state index >= 15 is 0 Å². The molecular formula is C19H18Cl2N4O. The third kappa shape index (κ3) is 4.56. The lowest BCUT2D eigenvalue weighted by molar-refractivity contribution is 0.410. The molecular weight excluding hydrogens is 371 g/mol. The van der Waals surface area contributed by atoms with Gasteiger partial charge in [-0.15, -0.1) is 0 Å². The van der Waals surface area contributed by atoms with Gasteiger partial charge in [0.2, 0.25) is 5.95 Å². The fraction of sp³-hybridized carbons (Fsp3) is 0.158. The van der Waals surface area contributed by atoms with E-state index in [1.807, 2.05) is 36.4 Å². The van der Waals surface area contributed by atoms with E-state index in [1.54, 1.807) is 25.4 Å². The van der Waals surface area contributed by atoms with Gasteiger partial charge in [-0.2, -0.15) is 4.98 Å². The molecule has 7 heteroatoms. The number of para-hydroxylation sites is 1. The highest BCUT2D eigenvalue weighted by molar-refractivity contribution is 6.43. The van der Waals surface area contributed by atoms with Crippen molar-refractivity contribution in [1.29, 1.82) is 0 Å². The first-order valence-corrected chi connectivity index (χ1v) is 8.83. The van der Waals surface area contributed by atoms with Gasteiger partial charge in [0.15, 0.2) is 0 Å². The smallest absolute Gasteiger partial charge is 0.224 e. The third-order valence-electron chi connectivity index (χ3n) is 3.74. The molecule has 0 spiro atoms. The van der Waals surface area contributed by atoms with Crippen LogP contribution in [-0.4, -0.2) is 23.6 Å². The van der Waals surface area contributed by atoms with Crippen LogP contribution in [-0.2, 0) is 6.42 Å². The fourth-order valence-electron chi connectivity index (χ4n) is 2.47. The molecule has 0 amide bonds. The minimum atomic E-state index is 0.457. The van der Waals surface area contributed by atoms with Gasteiger partial charge in [0.1, 0.15) is 11.6 Å². The summed E-state index contributed by atoms with van der Waals surface area (Å²) < 4.78 is 5.36. The van der Waals surface area contributed by atoms with Crippen LogP contribution in [0.2, 0.25) is 10.0 Å². The molecule has 0 fully saturated rings. The van der Waals surface area contributed by atoms with Crippen LogP contribution in [0.25, 0.3) is 0 Å². The predicted octanol–water partition coefficient (Wildman–Crippen LogP) is 5.19. The average molecular weight is 389 g/mol. The Morgan fingerprint density at radius 1 is 1.04 bits per heavy atom. The molecule has 5 nitrogen and oxygen atoms in total. The van der Waals surface area contributed by atoms with Gasteiger partial charge in [0, 0.05) is 12.7 Å². The summed E-state index contributed by atoms with van der Waals surface area (Å²) in [6.45, 7) is 0.682. The third-order valence-corrected chi connectivity index (χ3v) is 4.56. The second kappa shape index (κ2) is 8.74. The number of benzene rings is 2. The van der Waals surface area contributed by atoms with Gasteiger partial charge >= 0.3 is 0 Å². The van der Waals surface area contributed by atoms with Gasteiger partial charge in [-0.25, -0.2) is 4.98 Å².